The number of nitro groups is 1. The second-order valence-electron chi connectivity index (χ2n) is 5.84. The monoisotopic (exact) mass is 274 g/mol. The van der Waals surface area contributed by atoms with Gasteiger partial charge in [0.15, 0.2) is 5.78 Å². The van der Waals surface area contributed by atoms with Gasteiger partial charge in [-0.1, -0.05) is 0 Å². The molecule has 0 atom stereocenters. The van der Waals surface area contributed by atoms with Crippen molar-refractivity contribution in [1.82, 2.24) is 0 Å². The second-order valence-corrected chi connectivity index (χ2v) is 5.84. The van der Waals surface area contributed by atoms with E-state index in [2.05, 4.69) is 4.90 Å². The van der Waals surface area contributed by atoms with Crippen molar-refractivity contribution in [3.8, 4) is 0 Å². The third kappa shape index (κ3) is 2.66. The number of rotatable bonds is 6. The van der Waals surface area contributed by atoms with Crippen LogP contribution in [0.5, 0.6) is 0 Å². The fourth-order valence-corrected chi connectivity index (χ4v) is 2.57. The van der Waals surface area contributed by atoms with Crippen molar-refractivity contribution in [2.45, 2.75) is 38.6 Å². The van der Waals surface area contributed by atoms with Gasteiger partial charge in [-0.25, -0.2) is 0 Å². The van der Waals surface area contributed by atoms with Gasteiger partial charge in [-0.15, -0.1) is 0 Å². The summed E-state index contributed by atoms with van der Waals surface area (Å²) in [4.78, 5) is 24.5. The molecule has 106 valence electrons. The molecule has 2 aliphatic carbocycles. The molecule has 2 aliphatic rings. The largest absolute Gasteiger partial charge is 0.368 e. The quantitative estimate of drug-likeness (QED) is 0.454. The molecule has 5 heteroatoms. The van der Waals surface area contributed by atoms with Gasteiger partial charge in [0.25, 0.3) is 5.69 Å². The van der Waals surface area contributed by atoms with Crippen molar-refractivity contribution >= 4 is 17.2 Å². The van der Waals surface area contributed by atoms with Crippen LogP contribution in [0.1, 0.15) is 43.0 Å². The summed E-state index contributed by atoms with van der Waals surface area (Å²) in [6.45, 7) is 2.40. The lowest BCUT2D eigenvalue weighted by Crippen LogP contribution is -2.28. The Labute approximate surface area is 117 Å². The molecule has 2 fully saturated rings. The average molecular weight is 274 g/mol. The number of hydrogen-bond acceptors (Lipinski definition) is 4. The molecule has 0 spiro atoms. The Bertz CT molecular complexity index is 562. The molecule has 0 saturated heterocycles. The Hall–Kier alpha value is -1.91. The summed E-state index contributed by atoms with van der Waals surface area (Å²) in [5.74, 6) is 0.507. The standard InChI is InChI=1S/C15H18N2O3/c1-10(18)14-8-13(6-7-15(14)17(19)20)16(12-4-5-12)9-11-2-3-11/h6-8,11-12H,2-5,9H2,1H3. The highest BCUT2D eigenvalue weighted by Gasteiger charge is 2.34. The van der Waals surface area contributed by atoms with Gasteiger partial charge in [0.1, 0.15) is 0 Å². The Kier molecular flexibility index (Phi) is 3.20. The minimum absolute atomic E-state index is 0.0941. The Morgan fingerprint density at radius 1 is 1.35 bits per heavy atom. The van der Waals surface area contributed by atoms with Gasteiger partial charge in [0, 0.05) is 24.3 Å². The Morgan fingerprint density at radius 2 is 2.05 bits per heavy atom. The number of Topliss-reactive ketones (excluding diaryl/α,β-unsaturated/α-hetero) is 1. The number of ketones is 1. The van der Waals surface area contributed by atoms with Crippen LogP contribution in [0.2, 0.25) is 0 Å². The van der Waals surface area contributed by atoms with Crippen molar-refractivity contribution in [3.05, 3.63) is 33.9 Å². The molecule has 1 aromatic carbocycles. The topological polar surface area (TPSA) is 63.5 Å². The van der Waals surface area contributed by atoms with Crippen molar-refractivity contribution in [1.29, 1.82) is 0 Å². The zero-order chi connectivity index (χ0) is 14.3. The summed E-state index contributed by atoms with van der Waals surface area (Å²) in [7, 11) is 0. The van der Waals surface area contributed by atoms with Crippen molar-refractivity contribution < 1.29 is 9.72 Å². The van der Waals surface area contributed by atoms with Crippen LogP contribution in [0.4, 0.5) is 11.4 Å². The lowest BCUT2D eigenvalue weighted by Gasteiger charge is -2.25. The first-order valence-electron chi connectivity index (χ1n) is 7.12. The van der Waals surface area contributed by atoms with Crippen molar-refractivity contribution in [2.24, 2.45) is 5.92 Å². The minimum Gasteiger partial charge on any atom is -0.368 e. The SMILES string of the molecule is CC(=O)c1cc(N(CC2CC2)C2CC2)ccc1[N+](=O)[O-]. The first-order chi connectivity index (χ1) is 9.56. The number of nitro benzene ring substituents is 1. The van der Waals surface area contributed by atoms with E-state index in [0.717, 1.165) is 18.2 Å². The maximum Gasteiger partial charge on any atom is 0.280 e. The van der Waals surface area contributed by atoms with Gasteiger partial charge in [0.2, 0.25) is 0 Å². The lowest BCUT2D eigenvalue weighted by atomic mass is 10.1. The molecule has 0 aromatic heterocycles. The number of hydrogen-bond donors (Lipinski definition) is 0. The molecular formula is C15H18N2O3. The molecule has 0 amide bonds. The predicted molar refractivity (Wildman–Crippen MR) is 76.2 cm³/mol. The fraction of sp³-hybridized carbons (Fsp3) is 0.533. The normalized spacial score (nSPS) is 17.9. The zero-order valence-electron chi connectivity index (χ0n) is 11.5. The zero-order valence-corrected chi connectivity index (χ0v) is 11.5. The van der Waals surface area contributed by atoms with Crippen LogP contribution in [0.25, 0.3) is 0 Å². The summed E-state index contributed by atoms with van der Waals surface area (Å²) in [6, 6.07) is 5.50. The summed E-state index contributed by atoms with van der Waals surface area (Å²) in [5, 5.41) is 11.0. The number of carbonyl (C=O) groups excluding carboxylic acids is 1. The van der Waals surface area contributed by atoms with Crippen molar-refractivity contribution in [3.63, 3.8) is 0 Å². The number of anilines is 1. The third-order valence-electron chi connectivity index (χ3n) is 4.03. The summed E-state index contributed by atoms with van der Waals surface area (Å²) in [5.41, 5.74) is 1.08. The minimum atomic E-state index is -0.483. The molecule has 0 N–H and O–H groups in total. The second kappa shape index (κ2) is 4.89. The van der Waals surface area contributed by atoms with E-state index in [9.17, 15) is 14.9 Å². The van der Waals surface area contributed by atoms with Gasteiger partial charge in [-0.05, 0) is 50.7 Å². The first kappa shape index (κ1) is 13.1. The molecule has 1 aromatic rings. The van der Waals surface area contributed by atoms with E-state index in [0.29, 0.717) is 6.04 Å². The van der Waals surface area contributed by atoms with Crippen LogP contribution in [0.15, 0.2) is 18.2 Å². The van der Waals surface area contributed by atoms with Crippen LogP contribution in [0, 0.1) is 16.0 Å². The summed E-state index contributed by atoms with van der Waals surface area (Å²) >= 11 is 0. The average Bonchev–Trinajstić information content (AvgIpc) is 3.26. The third-order valence-corrected chi connectivity index (χ3v) is 4.03. The van der Waals surface area contributed by atoms with Crippen LogP contribution >= 0.6 is 0 Å². The maximum atomic E-state index is 11.6. The summed E-state index contributed by atoms with van der Waals surface area (Å²) < 4.78 is 0. The molecule has 0 heterocycles. The smallest absolute Gasteiger partial charge is 0.280 e. The molecule has 5 nitrogen and oxygen atoms in total. The van der Waals surface area contributed by atoms with Gasteiger partial charge in [-0.2, -0.15) is 0 Å². The van der Waals surface area contributed by atoms with E-state index >= 15 is 0 Å². The molecule has 0 radical (unpaired) electrons. The van der Waals surface area contributed by atoms with E-state index in [4.69, 9.17) is 0 Å². The van der Waals surface area contributed by atoms with Crippen LogP contribution in [0.3, 0.4) is 0 Å². The van der Waals surface area contributed by atoms with Crippen LogP contribution in [-0.2, 0) is 0 Å². The van der Waals surface area contributed by atoms with E-state index < -0.39 is 4.92 Å². The van der Waals surface area contributed by atoms with E-state index in [1.54, 1.807) is 12.1 Å². The van der Waals surface area contributed by atoms with Crippen LogP contribution in [-0.4, -0.2) is 23.3 Å². The van der Waals surface area contributed by atoms with E-state index in [1.807, 2.05) is 0 Å². The molecule has 0 aliphatic heterocycles. The van der Waals surface area contributed by atoms with Gasteiger partial charge in [0.05, 0.1) is 10.5 Å². The summed E-state index contributed by atoms with van der Waals surface area (Å²) in [6.07, 6.45) is 4.91. The Morgan fingerprint density at radius 3 is 2.55 bits per heavy atom. The number of nitrogens with zero attached hydrogens (tertiary/aromatic N) is 2. The first-order valence-corrected chi connectivity index (χ1v) is 7.12. The number of carbonyl (C=O) groups is 1. The van der Waals surface area contributed by atoms with Gasteiger partial charge < -0.3 is 4.90 Å². The molecule has 0 unspecified atom stereocenters. The highest BCUT2D eigenvalue weighted by Crippen LogP contribution is 2.38. The molecule has 3 rings (SSSR count). The van der Waals surface area contributed by atoms with Crippen molar-refractivity contribution in [2.75, 3.05) is 11.4 Å². The van der Waals surface area contributed by atoms with E-state index in [1.165, 1.54) is 38.7 Å². The highest BCUT2D eigenvalue weighted by atomic mass is 16.6. The fourth-order valence-electron chi connectivity index (χ4n) is 2.57. The van der Waals surface area contributed by atoms with Gasteiger partial charge in [-0.3, -0.25) is 14.9 Å². The highest BCUT2D eigenvalue weighted by molar-refractivity contribution is 5.99. The molecule has 0 bridgehead atoms. The van der Waals surface area contributed by atoms with Gasteiger partial charge >= 0.3 is 0 Å². The molecular weight excluding hydrogens is 256 g/mol. The van der Waals surface area contributed by atoms with Crippen LogP contribution < -0.4 is 4.90 Å². The maximum absolute atomic E-state index is 11.6. The van der Waals surface area contributed by atoms with E-state index in [-0.39, 0.29) is 17.0 Å². The number of benzene rings is 1. The molecule has 2 saturated carbocycles. The Balaban J connectivity index is 1.93. The molecule has 20 heavy (non-hydrogen) atoms. The predicted octanol–water partition coefficient (Wildman–Crippen LogP) is 3.18. The lowest BCUT2D eigenvalue weighted by molar-refractivity contribution is -0.385.